The number of carboxylic acids is 1. The third-order valence-corrected chi connectivity index (χ3v) is 5.75. The Bertz CT molecular complexity index is 1320. The van der Waals surface area contributed by atoms with E-state index in [9.17, 15) is 9.59 Å². The molecule has 7 nitrogen and oxygen atoms in total. The molecule has 0 aliphatic heterocycles. The number of carbonyl (C=O) groups is 2. The fraction of sp³-hybridized carbons (Fsp3) is 0.207. The lowest BCUT2D eigenvalue weighted by molar-refractivity contribution is -0.136. The number of benzene rings is 3. The molecule has 0 atom stereocenters. The number of amides is 1. The Balaban J connectivity index is 1.43. The highest BCUT2D eigenvalue weighted by Crippen LogP contribution is 2.23. The van der Waals surface area contributed by atoms with Crippen molar-refractivity contribution >= 4 is 11.9 Å². The lowest BCUT2D eigenvalue weighted by Crippen LogP contribution is -2.24. The molecule has 2 N–H and O–H groups in total. The van der Waals surface area contributed by atoms with Gasteiger partial charge in [0.15, 0.2) is 0 Å². The van der Waals surface area contributed by atoms with Crippen molar-refractivity contribution in [1.29, 1.82) is 0 Å². The first-order valence-electron chi connectivity index (χ1n) is 11.8. The van der Waals surface area contributed by atoms with Gasteiger partial charge >= 0.3 is 5.97 Å². The summed E-state index contributed by atoms with van der Waals surface area (Å²) in [4.78, 5) is 28.7. The summed E-state index contributed by atoms with van der Waals surface area (Å²) in [7, 11) is 0. The molecule has 3 aromatic carbocycles. The molecule has 0 spiro atoms. The van der Waals surface area contributed by atoms with Crippen LogP contribution in [0.25, 0.3) is 11.5 Å². The second kappa shape index (κ2) is 11.8. The number of carboxylic acid groups (broad SMARTS) is 1. The molecule has 0 bridgehead atoms. The van der Waals surface area contributed by atoms with Crippen LogP contribution in [0.3, 0.4) is 0 Å². The zero-order valence-corrected chi connectivity index (χ0v) is 20.1. The maximum absolute atomic E-state index is 13.0. The number of nitrogens with one attached hydrogen (secondary N) is 1. The molecule has 0 radical (unpaired) electrons. The summed E-state index contributed by atoms with van der Waals surface area (Å²) in [5.41, 5.74) is 3.77. The Morgan fingerprint density at radius 3 is 2.42 bits per heavy atom. The van der Waals surface area contributed by atoms with Gasteiger partial charge in [0.1, 0.15) is 11.5 Å². The molecule has 4 aromatic rings. The van der Waals surface area contributed by atoms with Gasteiger partial charge in [0.05, 0.1) is 12.3 Å². The standard InChI is InChI=1S/C29H28N2O5/c1-20-26(31-29(36-20)23-10-6-3-7-11-23)16-17-35-24-14-12-22(13-15-27(32)33)25(18-24)28(34)30-19-21-8-4-2-5-9-21/h2-12,14,18H,13,15-17,19H2,1H3,(H,30,34)(H,32,33). The highest BCUT2D eigenvalue weighted by atomic mass is 16.5. The number of aromatic nitrogens is 1. The zero-order chi connectivity index (χ0) is 25.3. The summed E-state index contributed by atoms with van der Waals surface area (Å²) >= 11 is 0. The monoisotopic (exact) mass is 484 g/mol. The summed E-state index contributed by atoms with van der Waals surface area (Å²) < 4.78 is 11.7. The van der Waals surface area contributed by atoms with Crippen molar-refractivity contribution < 1.29 is 23.8 Å². The van der Waals surface area contributed by atoms with Gasteiger partial charge in [0.25, 0.3) is 5.91 Å². The molecule has 36 heavy (non-hydrogen) atoms. The van der Waals surface area contributed by atoms with Gasteiger partial charge in [-0.1, -0.05) is 54.6 Å². The Kier molecular flexibility index (Phi) is 8.13. The smallest absolute Gasteiger partial charge is 0.303 e. The molecule has 0 saturated heterocycles. The van der Waals surface area contributed by atoms with E-state index in [1.807, 2.05) is 67.6 Å². The van der Waals surface area contributed by atoms with Crippen LogP contribution in [0.1, 0.15) is 39.4 Å². The molecule has 4 rings (SSSR count). The lowest BCUT2D eigenvalue weighted by atomic mass is 10.0. The summed E-state index contributed by atoms with van der Waals surface area (Å²) in [5, 5.41) is 12.0. The van der Waals surface area contributed by atoms with Gasteiger partial charge in [-0.05, 0) is 48.7 Å². The minimum atomic E-state index is -0.913. The fourth-order valence-corrected chi connectivity index (χ4v) is 3.82. The molecule has 0 fully saturated rings. The third-order valence-electron chi connectivity index (χ3n) is 5.75. The van der Waals surface area contributed by atoms with Crippen molar-refractivity contribution in [3.8, 4) is 17.2 Å². The molecular weight excluding hydrogens is 456 g/mol. The number of hydrogen-bond donors (Lipinski definition) is 2. The van der Waals surface area contributed by atoms with Crippen molar-refractivity contribution in [2.75, 3.05) is 6.61 Å². The van der Waals surface area contributed by atoms with E-state index in [-0.39, 0.29) is 18.7 Å². The first-order chi connectivity index (χ1) is 17.5. The normalized spacial score (nSPS) is 10.7. The molecule has 0 aliphatic carbocycles. The highest BCUT2D eigenvalue weighted by Gasteiger charge is 2.15. The average molecular weight is 485 g/mol. The average Bonchev–Trinajstić information content (AvgIpc) is 3.27. The van der Waals surface area contributed by atoms with Crippen LogP contribution in [0.2, 0.25) is 0 Å². The van der Waals surface area contributed by atoms with Crippen LogP contribution >= 0.6 is 0 Å². The number of aryl methyl sites for hydroxylation is 2. The van der Waals surface area contributed by atoms with Gasteiger partial charge in [-0.25, -0.2) is 4.98 Å². The quantitative estimate of drug-likeness (QED) is 0.303. The van der Waals surface area contributed by atoms with Crippen LogP contribution in [0, 0.1) is 6.92 Å². The summed E-state index contributed by atoms with van der Waals surface area (Å²) in [5.74, 6) is 0.655. The Hall–Kier alpha value is -4.39. The fourth-order valence-electron chi connectivity index (χ4n) is 3.82. The molecule has 0 saturated carbocycles. The van der Waals surface area contributed by atoms with Crippen LogP contribution in [0.15, 0.2) is 83.3 Å². The number of aliphatic carboxylic acids is 1. The van der Waals surface area contributed by atoms with E-state index < -0.39 is 5.97 Å². The van der Waals surface area contributed by atoms with E-state index in [0.29, 0.717) is 42.3 Å². The van der Waals surface area contributed by atoms with Crippen molar-refractivity contribution in [2.45, 2.75) is 32.7 Å². The van der Waals surface area contributed by atoms with E-state index in [1.54, 1.807) is 18.2 Å². The minimum absolute atomic E-state index is 0.0612. The van der Waals surface area contributed by atoms with Gasteiger partial charge < -0.3 is 19.6 Å². The maximum atomic E-state index is 13.0. The van der Waals surface area contributed by atoms with Crippen molar-refractivity contribution in [2.24, 2.45) is 0 Å². The van der Waals surface area contributed by atoms with Crippen LogP contribution < -0.4 is 10.1 Å². The predicted octanol–water partition coefficient (Wildman–Crippen LogP) is 5.22. The van der Waals surface area contributed by atoms with Gasteiger partial charge in [0.2, 0.25) is 5.89 Å². The Morgan fingerprint density at radius 2 is 1.69 bits per heavy atom. The third kappa shape index (κ3) is 6.60. The number of ether oxygens (including phenoxy) is 1. The number of oxazole rings is 1. The van der Waals surface area contributed by atoms with Gasteiger partial charge in [0, 0.05) is 30.5 Å². The number of hydrogen-bond acceptors (Lipinski definition) is 5. The minimum Gasteiger partial charge on any atom is -0.493 e. The van der Waals surface area contributed by atoms with Crippen LogP contribution in [0.5, 0.6) is 5.75 Å². The highest BCUT2D eigenvalue weighted by molar-refractivity contribution is 5.96. The first-order valence-corrected chi connectivity index (χ1v) is 11.8. The summed E-state index contributed by atoms with van der Waals surface area (Å²) in [6.07, 6.45) is 0.733. The molecular formula is C29H28N2O5. The van der Waals surface area contributed by atoms with E-state index >= 15 is 0 Å². The predicted molar refractivity (Wildman–Crippen MR) is 136 cm³/mol. The van der Waals surface area contributed by atoms with Crippen LogP contribution in [0.4, 0.5) is 0 Å². The molecule has 0 unspecified atom stereocenters. The number of rotatable bonds is 11. The van der Waals surface area contributed by atoms with Crippen LogP contribution in [-0.4, -0.2) is 28.6 Å². The number of nitrogens with zero attached hydrogens (tertiary/aromatic N) is 1. The van der Waals surface area contributed by atoms with E-state index in [0.717, 1.165) is 22.6 Å². The van der Waals surface area contributed by atoms with E-state index in [1.165, 1.54) is 0 Å². The molecule has 7 heteroatoms. The molecule has 1 aromatic heterocycles. The molecule has 1 amide bonds. The summed E-state index contributed by atoms with van der Waals surface area (Å²) in [6.45, 7) is 2.60. The topological polar surface area (TPSA) is 102 Å². The number of carbonyl (C=O) groups excluding carboxylic acids is 1. The van der Waals surface area contributed by atoms with E-state index in [4.69, 9.17) is 14.3 Å². The lowest BCUT2D eigenvalue weighted by Gasteiger charge is -2.13. The molecule has 1 heterocycles. The SMILES string of the molecule is Cc1oc(-c2ccccc2)nc1CCOc1ccc(CCC(=O)O)c(C(=O)NCc2ccccc2)c1. The first kappa shape index (κ1) is 24.7. The Labute approximate surface area is 209 Å². The maximum Gasteiger partial charge on any atom is 0.303 e. The summed E-state index contributed by atoms with van der Waals surface area (Å²) in [6, 6.07) is 24.5. The molecule has 0 aliphatic rings. The molecule has 184 valence electrons. The zero-order valence-electron chi connectivity index (χ0n) is 20.1. The van der Waals surface area contributed by atoms with Crippen molar-refractivity contribution in [1.82, 2.24) is 10.3 Å². The van der Waals surface area contributed by atoms with Gasteiger partial charge in [-0.3, -0.25) is 9.59 Å². The second-order valence-corrected chi connectivity index (χ2v) is 8.37. The Morgan fingerprint density at radius 1 is 0.972 bits per heavy atom. The van der Waals surface area contributed by atoms with Gasteiger partial charge in [-0.2, -0.15) is 0 Å². The van der Waals surface area contributed by atoms with Crippen molar-refractivity contribution in [3.63, 3.8) is 0 Å². The largest absolute Gasteiger partial charge is 0.493 e. The van der Waals surface area contributed by atoms with E-state index in [2.05, 4.69) is 10.3 Å². The van der Waals surface area contributed by atoms with Gasteiger partial charge in [-0.15, -0.1) is 0 Å². The van der Waals surface area contributed by atoms with Crippen LogP contribution in [-0.2, 0) is 24.2 Å². The second-order valence-electron chi connectivity index (χ2n) is 8.37. The van der Waals surface area contributed by atoms with Crippen molar-refractivity contribution in [3.05, 3.63) is 107 Å².